The number of para-hydroxylation sites is 2. The second-order valence-corrected chi connectivity index (χ2v) is 24.7. The van der Waals surface area contributed by atoms with Crippen molar-refractivity contribution in [1.82, 2.24) is 0 Å². The Morgan fingerprint density at radius 1 is 0.286 bits per heavy atom. The second kappa shape index (κ2) is 20.0. The van der Waals surface area contributed by atoms with Crippen LogP contribution in [0.15, 0.2) is 227 Å². The molecule has 0 unspecified atom stereocenters. The van der Waals surface area contributed by atoms with Gasteiger partial charge in [-0.1, -0.05) is 121 Å². The Hall–Kier alpha value is -8.63. The van der Waals surface area contributed by atoms with Gasteiger partial charge in [0.1, 0.15) is 22.3 Å². The van der Waals surface area contributed by atoms with Crippen molar-refractivity contribution in [1.29, 1.82) is 0 Å². The molecule has 2 aliphatic heterocycles. The minimum Gasteiger partial charge on any atom is -0.456 e. The zero-order valence-electron chi connectivity index (χ0n) is 49.3. The monoisotopic (exact) mass is 1100 g/mol. The molecule has 14 rings (SSSR count). The summed E-state index contributed by atoms with van der Waals surface area (Å²) in [4.78, 5) is 4.68. The smallest absolute Gasteiger partial charge is 0.456 e. The van der Waals surface area contributed by atoms with E-state index in [-0.39, 0.29) is 0 Å². The molecular formula is C74H66B2N2O6. The maximum Gasteiger partial charge on any atom is 0.494 e. The molecule has 0 spiro atoms. The lowest BCUT2D eigenvalue weighted by Crippen LogP contribution is -2.41. The molecule has 414 valence electrons. The fourth-order valence-corrected chi connectivity index (χ4v) is 12.0. The van der Waals surface area contributed by atoms with Crippen LogP contribution in [0.1, 0.15) is 66.5 Å². The predicted molar refractivity (Wildman–Crippen MR) is 348 cm³/mol. The van der Waals surface area contributed by atoms with Crippen LogP contribution in [0, 0.1) is 13.8 Å². The molecule has 0 radical (unpaired) electrons. The predicted octanol–water partition coefficient (Wildman–Crippen LogP) is 18.6. The summed E-state index contributed by atoms with van der Waals surface area (Å²) < 4.78 is 38.4. The van der Waals surface area contributed by atoms with Crippen LogP contribution in [0.5, 0.6) is 0 Å². The molecule has 10 aromatic carbocycles. The first-order valence-electron chi connectivity index (χ1n) is 29.1. The average molecular weight is 1100 g/mol. The summed E-state index contributed by atoms with van der Waals surface area (Å²) in [5.74, 6) is 0. The van der Waals surface area contributed by atoms with Crippen LogP contribution in [-0.2, 0) is 18.6 Å². The molecule has 12 aromatic rings. The summed E-state index contributed by atoms with van der Waals surface area (Å²) in [5.41, 5.74) is 19.0. The van der Waals surface area contributed by atoms with Gasteiger partial charge in [-0.2, -0.15) is 0 Å². The van der Waals surface area contributed by atoms with Gasteiger partial charge in [0.05, 0.1) is 22.4 Å². The third-order valence-corrected chi connectivity index (χ3v) is 18.2. The van der Waals surface area contributed by atoms with Gasteiger partial charge in [-0.25, -0.2) is 0 Å². The highest BCUT2D eigenvalue weighted by atomic mass is 16.7. The molecule has 2 aromatic heterocycles. The zero-order valence-corrected chi connectivity index (χ0v) is 49.3. The topological polar surface area (TPSA) is 69.7 Å². The van der Waals surface area contributed by atoms with Crippen LogP contribution in [0.25, 0.3) is 77.3 Å². The van der Waals surface area contributed by atoms with Gasteiger partial charge in [0.25, 0.3) is 0 Å². The number of fused-ring (bicyclic) bond motifs is 6. The molecule has 10 heteroatoms. The molecule has 84 heavy (non-hydrogen) atoms. The number of nitrogens with zero attached hydrogens (tertiary/aromatic N) is 2. The Balaban J connectivity index is 0.792. The number of rotatable bonds is 11. The van der Waals surface area contributed by atoms with Gasteiger partial charge in [0.2, 0.25) is 0 Å². The largest absolute Gasteiger partial charge is 0.494 e. The molecule has 0 saturated carbocycles. The van der Waals surface area contributed by atoms with E-state index in [0.29, 0.717) is 0 Å². The van der Waals surface area contributed by atoms with Crippen LogP contribution >= 0.6 is 0 Å². The second-order valence-electron chi connectivity index (χ2n) is 24.7. The highest BCUT2D eigenvalue weighted by Crippen LogP contribution is 2.44. The molecular weight excluding hydrogens is 1030 g/mol. The Kier molecular flexibility index (Phi) is 12.7. The summed E-state index contributed by atoms with van der Waals surface area (Å²) in [5, 5.41) is 4.45. The Bertz CT molecular complexity index is 4170. The molecule has 0 aliphatic carbocycles. The van der Waals surface area contributed by atoms with Crippen LogP contribution in [0.4, 0.5) is 34.1 Å². The van der Waals surface area contributed by atoms with Gasteiger partial charge in [-0.3, -0.25) is 0 Å². The maximum atomic E-state index is 6.52. The molecule has 4 heterocycles. The highest BCUT2D eigenvalue weighted by molar-refractivity contribution is 6.62. The van der Waals surface area contributed by atoms with Gasteiger partial charge < -0.3 is 37.3 Å². The van der Waals surface area contributed by atoms with Crippen molar-refractivity contribution in [2.75, 3.05) is 9.80 Å². The third-order valence-electron chi connectivity index (χ3n) is 18.2. The minimum atomic E-state index is -0.466. The number of anilines is 6. The van der Waals surface area contributed by atoms with Crippen molar-refractivity contribution in [2.24, 2.45) is 0 Å². The van der Waals surface area contributed by atoms with Crippen molar-refractivity contribution < 1.29 is 27.5 Å². The average Bonchev–Trinajstić information content (AvgIpc) is 4.38. The lowest BCUT2D eigenvalue weighted by atomic mass is 9.78. The van der Waals surface area contributed by atoms with Gasteiger partial charge in [-0.05, 0) is 222 Å². The summed E-state index contributed by atoms with van der Waals surface area (Å²) in [6.07, 6.45) is 0. The first kappa shape index (κ1) is 53.4. The van der Waals surface area contributed by atoms with E-state index in [1.807, 2.05) is 24.3 Å². The normalized spacial score (nSPS) is 16.1. The molecule has 0 N–H and O–H groups in total. The van der Waals surface area contributed by atoms with Crippen LogP contribution in [-0.4, -0.2) is 36.6 Å². The standard InChI is InChI=1S/C74H66B2N2O6/c1-47-43-55(75-81-71(3,4)72(5,6)82-75)29-39-65(47)77(59-35-23-51(24-36-59)53-27-41-69-63(45-53)61-15-11-13-17-67(61)79-69)57-31-19-49(20-32-57)50-21-33-58(34-22-50)78(66-40-30-56(44-48(66)2)76-83-73(7,8)74(9,10)84-76)60-37-25-52(26-38-60)54-28-42-70-64(46-54)62-16-12-14-18-68(62)80-70/h11-46H,1-10H3. The van der Waals surface area contributed by atoms with Gasteiger partial charge >= 0.3 is 14.2 Å². The molecule has 2 saturated heterocycles. The summed E-state index contributed by atoms with van der Waals surface area (Å²) in [6.45, 7) is 21.1. The van der Waals surface area contributed by atoms with E-state index >= 15 is 0 Å². The molecule has 0 bridgehead atoms. The van der Waals surface area contributed by atoms with E-state index in [2.05, 4.69) is 273 Å². The van der Waals surface area contributed by atoms with Gasteiger partial charge in [0, 0.05) is 55.7 Å². The highest BCUT2D eigenvalue weighted by Gasteiger charge is 2.53. The van der Waals surface area contributed by atoms with Crippen LogP contribution in [0.3, 0.4) is 0 Å². The first-order chi connectivity index (χ1) is 40.4. The number of hydrogen-bond acceptors (Lipinski definition) is 8. The Morgan fingerprint density at radius 3 is 0.893 bits per heavy atom. The number of benzene rings is 10. The summed E-state index contributed by atoms with van der Waals surface area (Å²) >= 11 is 0. The Labute approximate surface area is 492 Å². The molecule has 2 fully saturated rings. The van der Waals surface area contributed by atoms with Crippen molar-refractivity contribution in [3.63, 3.8) is 0 Å². The van der Waals surface area contributed by atoms with Crippen molar-refractivity contribution in [2.45, 2.75) is 91.6 Å². The lowest BCUT2D eigenvalue weighted by molar-refractivity contribution is 0.00578. The molecule has 0 amide bonds. The first-order valence-corrected chi connectivity index (χ1v) is 29.1. The van der Waals surface area contributed by atoms with E-state index in [1.165, 1.54) is 0 Å². The molecule has 8 nitrogen and oxygen atoms in total. The SMILES string of the molecule is Cc1cc(B2OC(C)(C)C(C)(C)O2)ccc1N(c1ccc(-c2ccc(N(c3ccc(-c4ccc5oc6ccccc6c5c4)cc3)c3ccc(B4OC(C)(C)C(C)(C)O4)cc3C)cc2)cc1)c1ccc(-c2ccc3oc4ccccc4c3c2)cc1. The minimum absolute atomic E-state index is 0.446. The molecule has 2 aliphatic rings. The fraction of sp³-hybridized carbons (Fsp3) is 0.189. The lowest BCUT2D eigenvalue weighted by Gasteiger charge is -2.32. The Morgan fingerprint density at radius 2 is 0.571 bits per heavy atom. The zero-order chi connectivity index (χ0) is 57.9. The van der Waals surface area contributed by atoms with Gasteiger partial charge in [-0.15, -0.1) is 0 Å². The van der Waals surface area contributed by atoms with E-state index in [0.717, 1.165) is 133 Å². The van der Waals surface area contributed by atoms with Crippen molar-refractivity contribution in [3.8, 4) is 33.4 Å². The maximum absolute atomic E-state index is 6.52. The van der Waals surface area contributed by atoms with E-state index in [4.69, 9.17) is 27.5 Å². The van der Waals surface area contributed by atoms with Crippen molar-refractivity contribution >= 4 is 103 Å². The third kappa shape index (κ3) is 9.29. The van der Waals surface area contributed by atoms with E-state index in [1.54, 1.807) is 0 Å². The number of aryl methyl sites for hydroxylation is 2. The molecule has 0 atom stereocenters. The van der Waals surface area contributed by atoms with E-state index in [9.17, 15) is 0 Å². The van der Waals surface area contributed by atoms with Crippen LogP contribution in [0.2, 0.25) is 0 Å². The van der Waals surface area contributed by atoms with Crippen molar-refractivity contribution in [3.05, 3.63) is 230 Å². The number of furan rings is 2. The fourth-order valence-electron chi connectivity index (χ4n) is 12.0. The summed E-state index contributed by atoms with van der Waals surface area (Å²) in [6, 6.07) is 78.0. The number of hydrogen-bond donors (Lipinski definition) is 0. The van der Waals surface area contributed by atoms with E-state index < -0.39 is 36.6 Å². The van der Waals surface area contributed by atoms with Gasteiger partial charge in [0.15, 0.2) is 0 Å². The summed E-state index contributed by atoms with van der Waals surface area (Å²) in [7, 11) is -0.932. The van der Waals surface area contributed by atoms with Crippen LogP contribution < -0.4 is 20.7 Å². The quantitative estimate of drug-likeness (QED) is 0.119.